The van der Waals surface area contributed by atoms with Gasteiger partial charge in [0.25, 0.3) is 5.56 Å². The predicted octanol–water partition coefficient (Wildman–Crippen LogP) is -0.455. The smallest absolute Gasteiger partial charge is 0.273 e. The van der Waals surface area contributed by atoms with Crippen molar-refractivity contribution in [2.75, 3.05) is 5.75 Å². The molecule has 10 heteroatoms. The van der Waals surface area contributed by atoms with E-state index in [1.807, 2.05) is 0 Å². The Balaban J connectivity index is 1.44. The zero-order valence-electron chi connectivity index (χ0n) is 14.9. The minimum atomic E-state index is -0.550. The molecule has 2 aliphatic rings. The van der Waals surface area contributed by atoms with Crippen LogP contribution >= 0.6 is 11.8 Å². The van der Waals surface area contributed by atoms with Gasteiger partial charge < -0.3 is 0 Å². The Morgan fingerprint density at radius 1 is 1.15 bits per heavy atom. The lowest BCUT2D eigenvalue weighted by atomic mass is 9.86. The van der Waals surface area contributed by atoms with E-state index in [1.54, 1.807) is 0 Å². The first kappa shape index (κ1) is 18.7. The second-order valence-corrected chi connectivity index (χ2v) is 8.06. The number of nitrogens with one attached hydrogen (secondary N) is 2. The molecule has 2 aliphatic carbocycles. The van der Waals surface area contributed by atoms with Gasteiger partial charge in [-0.25, -0.2) is 9.48 Å². The maximum Gasteiger partial charge on any atom is 0.346 e. The molecule has 0 spiro atoms. The van der Waals surface area contributed by atoms with Crippen molar-refractivity contribution in [1.82, 2.24) is 25.2 Å². The number of hydrogen-bond acceptors (Lipinski definition) is 6. The number of amides is 2. The van der Waals surface area contributed by atoms with Gasteiger partial charge in [-0.1, -0.05) is 18.2 Å². The van der Waals surface area contributed by atoms with Crippen LogP contribution in [0.4, 0.5) is 0 Å². The molecular weight excluding hydrogens is 358 g/mol. The van der Waals surface area contributed by atoms with Crippen molar-refractivity contribution < 1.29 is 9.59 Å². The summed E-state index contributed by atoms with van der Waals surface area (Å²) in [5.41, 5.74) is 3.73. The number of thioether (sulfide) groups is 1. The number of carbonyl (C=O) groups is 2. The molecule has 0 aliphatic heterocycles. The molecule has 1 heterocycles. The van der Waals surface area contributed by atoms with E-state index in [0.717, 1.165) is 33.3 Å². The van der Waals surface area contributed by atoms with Crippen molar-refractivity contribution in [2.45, 2.75) is 37.1 Å². The van der Waals surface area contributed by atoms with Gasteiger partial charge in [-0.2, -0.15) is 5.10 Å². The van der Waals surface area contributed by atoms with Crippen molar-refractivity contribution >= 4 is 23.6 Å². The summed E-state index contributed by atoms with van der Waals surface area (Å²) >= 11 is 0.919. The summed E-state index contributed by atoms with van der Waals surface area (Å²) in [5.74, 6) is 1.16. The highest BCUT2D eigenvalue weighted by Crippen LogP contribution is 2.49. The first-order valence-electron chi connectivity index (χ1n) is 8.70. The number of carbonyl (C=O) groups excluding carboxylic acids is 2. The van der Waals surface area contributed by atoms with Gasteiger partial charge in [0, 0.05) is 20.5 Å². The van der Waals surface area contributed by atoms with Crippen LogP contribution < -0.4 is 22.1 Å². The highest BCUT2D eigenvalue weighted by molar-refractivity contribution is 7.99. The summed E-state index contributed by atoms with van der Waals surface area (Å²) in [6.45, 7) is 0. The fraction of sp³-hybridized carbons (Fsp3) is 0.688. The van der Waals surface area contributed by atoms with Gasteiger partial charge in [0.05, 0.1) is 5.75 Å². The summed E-state index contributed by atoms with van der Waals surface area (Å²) in [7, 11) is 2.79. The SMILES string of the molecule is Cn1nc(SCC(=O)NNC(=O)C[C@H]2C[C@H]3CC[C@@H]2C3)c(=O)n(C)c1=O. The lowest BCUT2D eigenvalue weighted by Crippen LogP contribution is -2.43. The third kappa shape index (κ3) is 4.00. The van der Waals surface area contributed by atoms with Crippen LogP contribution in [-0.2, 0) is 23.7 Å². The topological polar surface area (TPSA) is 115 Å². The summed E-state index contributed by atoms with van der Waals surface area (Å²) in [5, 5.41) is 3.91. The fourth-order valence-electron chi connectivity index (χ4n) is 3.98. The van der Waals surface area contributed by atoms with Crippen molar-refractivity contribution in [3.8, 4) is 0 Å². The van der Waals surface area contributed by atoms with Gasteiger partial charge in [0.2, 0.25) is 11.8 Å². The molecule has 1 aromatic heterocycles. The molecule has 0 saturated heterocycles. The van der Waals surface area contributed by atoms with Gasteiger partial charge >= 0.3 is 5.69 Å². The van der Waals surface area contributed by atoms with E-state index in [-0.39, 0.29) is 16.7 Å². The van der Waals surface area contributed by atoms with E-state index in [2.05, 4.69) is 16.0 Å². The van der Waals surface area contributed by atoms with Crippen LogP contribution in [-0.4, -0.2) is 31.9 Å². The molecule has 2 fully saturated rings. The second kappa shape index (κ2) is 7.65. The molecule has 9 nitrogen and oxygen atoms in total. The molecule has 0 aromatic carbocycles. The van der Waals surface area contributed by atoms with Crippen molar-refractivity contribution in [2.24, 2.45) is 31.8 Å². The zero-order valence-corrected chi connectivity index (χ0v) is 15.7. The molecule has 0 unspecified atom stereocenters. The number of aromatic nitrogens is 3. The van der Waals surface area contributed by atoms with Crippen LogP contribution in [0.1, 0.15) is 32.1 Å². The standard InChI is InChI=1S/C16H23N5O4S/c1-20-15(24)14(19-21(2)16(20)25)26-8-13(23)18-17-12(22)7-11-6-9-3-4-10(11)5-9/h9-11H,3-8H2,1-2H3,(H,17,22)(H,18,23)/t9-,10+,11+/m0/s1. The first-order chi connectivity index (χ1) is 12.3. The molecule has 2 saturated carbocycles. The number of hydrazine groups is 1. The van der Waals surface area contributed by atoms with Crippen molar-refractivity contribution in [3.05, 3.63) is 20.8 Å². The highest BCUT2D eigenvalue weighted by Gasteiger charge is 2.40. The maximum atomic E-state index is 12.0. The van der Waals surface area contributed by atoms with E-state index in [4.69, 9.17) is 0 Å². The molecule has 3 atom stereocenters. The fourth-order valence-corrected chi connectivity index (χ4v) is 4.77. The summed E-state index contributed by atoms with van der Waals surface area (Å²) < 4.78 is 1.98. The third-order valence-electron chi connectivity index (χ3n) is 5.31. The molecule has 2 N–H and O–H groups in total. The number of rotatable bonds is 5. The molecule has 3 rings (SSSR count). The Morgan fingerprint density at radius 3 is 2.54 bits per heavy atom. The molecular formula is C16H23N5O4S. The van der Waals surface area contributed by atoms with E-state index in [9.17, 15) is 19.2 Å². The lowest BCUT2D eigenvalue weighted by Gasteiger charge is -2.20. The Bertz CT molecular complexity index is 833. The average molecular weight is 381 g/mol. The van der Waals surface area contributed by atoms with Gasteiger partial charge in [0.1, 0.15) is 0 Å². The van der Waals surface area contributed by atoms with Gasteiger partial charge in [-0.05, 0) is 37.0 Å². The minimum absolute atomic E-state index is 0.0538. The Hall–Kier alpha value is -2.10. The number of hydrogen-bond donors (Lipinski definition) is 2. The molecule has 0 radical (unpaired) electrons. The van der Waals surface area contributed by atoms with Gasteiger partial charge in [0.15, 0.2) is 5.03 Å². The van der Waals surface area contributed by atoms with Crippen LogP contribution in [0.25, 0.3) is 0 Å². The third-order valence-corrected chi connectivity index (χ3v) is 6.24. The van der Waals surface area contributed by atoms with Crippen molar-refractivity contribution in [1.29, 1.82) is 0 Å². The monoisotopic (exact) mass is 381 g/mol. The molecule has 2 amide bonds. The zero-order chi connectivity index (χ0) is 18.8. The lowest BCUT2D eigenvalue weighted by molar-refractivity contribution is -0.128. The minimum Gasteiger partial charge on any atom is -0.273 e. The van der Waals surface area contributed by atoms with Crippen LogP contribution in [0, 0.1) is 17.8 Å². The van der Waals surface area contributed by atoms with E-state index >= 15 is 0 Å². The van der Waals surface area contributed by atoms with Crippen LogP contribution in [0.2, 0.25) is 0 Å². The van der Waals surface area contributed by atoms with Crippen LogP contribution in [0.5, 0.6) is 0 Å². The second-order valence-electron chi connectivity index (χ2n) is 7.10. The average Bonchev–Trinajstić information content (AvgIpc) is 3.23. The molecule has 142 valence electrons. The number of nitrogens with zero attached hydrogens (tertiary/aromatic N) is 3. The molecule has 26 heavy (non-hydrogen) atoms. The Morgan fingerprint density at radius 2 is 1.88 bits per heavy atom. The molecule has 1 aromatic rings. The quantitative estimate of drug-likeness (QED) is 0.527. The van der Waals surface area contributed by atoms with E-state index in [0.29, 0.717) is 18.3 Å². The summed E-state index contributed by atoms with van der Waals surface area (Å²) in [6, 6.07) is 0. The Labute approximate surface area is 154 Å². The van der Waals surface area contributed by atoms with Crippen molar-refractivity contribution in [3.63, 3.8) is 0 Å². The maximum absolute atomic E-state index is 12.0. The largest absolute Gasteiger partial charge is 0.346 e. The normalized spacial score (nSPS) is 23.8. The predicted molar refractivity (Wildman–Crippen MR) is 95.3 cm³/mol. The summed E-state index contributed by atoms with van der Waals surface area (Å²) in [4.78, 5) is 47.4. The molecule has 2 bridgehead atoms. The highest BCUT2D eigenvalue weighted by atomic mass is 32.2. The number of fused-ring (bicyclic) bond motifs is 2. The van der Waals surface area contributed by atoms with E-state index in [1.165, 1.54) is 33.4 Å². The van der Waals surface area contributed by atoms with Crippen LogP contribution in [0.3, 0.4) is 0 Å². The van der Waals surface area contributed by atoms with Crippen LogP contribution in [0.15, 0.2) is 14.6 Å². The first-order valence-corrected chi connectivity index (χ1v) is 9.68. The Kier molecular flexibility index (Phi) is 5.49. The summed E-state index contributed by atoms with van der Waals surface area (Å²) in [6.07, 6.45) is 5.30. The van der Waals surface area contributed by atoms with Gasteiger partial charge in [-0.15, -0.1) is 0 Å². The van der Waals surface area contributed by atoms with E-state index < -0.39 is 17.2 Å². The number of aryl methyl sites for hydroxylation is 1. The van der Waals surface area contributed by atoms with Gasteiger partial charge in [-0.3, -0.25) is 29.8 Å².